The van der Waals surface area contributed by atoms with Crippen molar-refractivity contribution in [2.45, 2.75) is 19.5 Å². The van der Waals surface area contributed by atoms with Gasteiger partial charge >= 0.3 is 0 Å². The first-order chi connectivity index (χ1) is 6.24. The quantitative estimate of drug-likeness (QED) is 0.716. The minimum Gasteiger partial charge on any atom is -0.325 e. The summed E-state index contributed by atoms with van der Waals surface area (Å²) in [6.45, 7) is 5.01. The third-order valence-corrected chi connectivity index (χ3v) is 2.34. The van der Waals surface area contributed by atoms with E-state index >= 15 is 0 Å². The Kier molecular flexibility index (Phi) is 2.29. The van der Waals surface area contributed by atoms with Crippen LogP contribution in [0.15, 0.2) is 18.3 Å². The van der Waals surface area contributed by atoms with E-state index in [1.54, 1.807) is 0 Å². The number of nitrogens with zero attached hydrogens (tertiary/aromatic N) is 2. The molecule has 0 aromatic carbocycles. The number of hydrogen-bond donors (Lipinski definition) is 1. The van der Waals surface area contributed by atoms with Gasteiger partial charge in [0.2, 0.25) is 0 Å². The van der Waals surface area contributed by atoms with Crippen LogP contribution >= 0.6 is 0 Å². The Bertz CT molecular complexity index is 275. The van der Waals surface area contributed by atoms with Gasteiger partial charge in [-0.05, 0) is 18.6 Å². The summed E-state index contributed by atoms with van der Waals surface area (Å²) in [5.41, 5.74) is 8.03. The van der Waals surface area contributed by atoms with E-state index in [0.29, 0.717) is 6.04 Å². The highest BCUT2D eigenvalue weighted by molar-refractivity contribution is 5.12. The van der Waals surface area contributed by atoms with Crippen molar-refractivity contribution in [3.63, 3.8) is 0 Å². The average molecular weight is 177 g/mol. The summed E-state index contributed by atoms with van der Waals surface area (Å²) in [4.78, 5) is 6.65. The molecule has 0 radical (unpaired) electrons. The SMILES string of the molecule is Cc1ccc(CN2CC(N)C2)nc1. The summed E-state index contributed by atoms with van der Waals surface area (Å²) in [6, 6.07) is 4.56. The molecule has 70 valence electrons. The van der Waals surface area contributed by atoms with E-state index in [2.05, 4.69) is 28.9 Å². The maximum atomic E-state index is 5.68. The number of nitrogens with two attached hydrogens (primary N) is 1. The third-order valence-electron chi connectivity index (χ3n) is 2.34. The molecule has 0 atom stereocenters. The lowest BCUT2D eigenvalue weighted by atomic mass is 10.1. The molecule has 1 aliphatic rings. The van der Waals surface area contributed by atoms with Crippen molar-refractivity contribution in [2.24, 2.45) is 5.73 Å². The van der Waals surface area contributed by atoms with Gasteiger partial charge in [-0.15, -0.1) is 0 Å². The summed E-state index contributed by atoms with van der Waals surface area (Å²) in [5.74, 6) is 0. The minimum atomic E-state index is 0.380. The van der Waals surface area contributed by atoms with Crippen molar-refractivity contribution < 1.29 is 0 Å². The number of rotatable bonds is 2. The Morgan fingerprint density at radius 1 is 1.54 bits per heavy atom. The molecule has 13 heavy (non-hydrogen) atoms. The Morgan fingerprint density at radius 2 is 2.31 bits per heavy atom. The van der Waals surface area contributed by atoms with Gasteiger partial charge in [-0.2, -0.15) is 0 Å². The molecule has 2 heterocycles. The molecule has 1 aromatic heterocycles. The predicted molar refractivity (Wildman–Crippen MR) is 52.2 cm³/mol. The molecule has 3 heteroatoms. The van der Waals surface area contributed by atoms with Gasteiger partial charge in [0, 0.05) is 31.9 Å². The molecule has 1 fully saturated rings. The highest BCUT2D eigenvalue weighted by Gasteiger charge is 2.22. The van der Waals surface area contributed by atoms with Crippen molar-refractivity contribution in [2.75, 3.05) is 13.1 Å². The van der Waals surface area contributed by atoms with E-state index in [1.165, 1.54) is 5.56 Å². The van der Waals surface area contributed by atoms with Crippen molar-refractivity contribution in [3.8, 4) is 0 Å². The third kappa shape index (κ3) is 2.05. The summed E-state index contributed by atoms with van der Waals surface area (Å²) in [6.07, 6.45) is 1.91. The van der Waals surface area contributed by atoms with Gasteiger partial charge in [-0.1, -0.05) is 6.07 Å². The van der Waals surface area contributed by atoms with E-state index in [9.17, 15) is 0 Å². The number of aryl methyl sites for hydroxylation is 1. The maximum Gasteiger partial charge on any atom is 0.0544 e. The lowest BCUT2D eigenvalue weighted by Gasteiger charge is -2.36. The molecule has 3 nitrogen and oxygen atoms in total. The van der Waals surface area contributed by atoms with Crippen LogP contribution in [0.25, 0.3) is 0 Å². The van der Waals surface area contributed by atoms with Crippen LogP contribution < -0.4 is 5.73 Å². The van der Waals surface area contributed by atoms with E-state index < -0.39 is 0 Å². The Morgan fingerprint density at radius 3 is 2.85 bits per heavy atom. The second-order valence-electron chi connectivity index (χ2n) is 3.78. The zero-order valence-corrected chi connectivity index (χ0v) is 7.90. The van der Waals surface area contributed by atoms with Gasteiger partial charge < -0.3 is 5.73 Å². The second kappa shape index (κ2) is 3.44. The first-order valence-corrected chi connectivity index (χ1v) is 4.63. The number of aromatic nitrogens is 1. The van der Waals surface area contributed by atoms with E-state index in [4.69, 9.17) is 5.73 Å². The first-order valence-electron chi connectivity index (χ1n) is 4.63. The normalized spacial score (nSPS) is 18.6. The smallest absolute Gasteiger partial charge is 0.0544 e. The monoisotopic (exact) mass is 177 g/mol. The van der Waals surface area contributed by atoms with Crippen LogP contribution in [-0.4, -0.2) is 29.0 Å². The van der Waals surface area contributed by atoms with Crippen LogP contribution in [0.3, 0.4) is 0 Å². The summed E-state index contributed by atoms with van der Waals surface area (Å²) in [7, 11) is 0. The van der Waals surface area contributed by atoms with Crippen molar-refractivity contribution in [1.82, 2.24) is 9.88 Å². The van der Waals surface area contributed by atoms with Gasteiger partial charge in [-0.25, -0.2) is 0 Å². The molecule has 0 aliphatic carbocycles. The fourth-order valence-corrected chi connectivity index (χ4v) is 1.56. The van der Waals surface area contributed by atoms with Crippen molar-refractivity contribution in [1.29, 1.82) is 0 Å². The Labute approximate surface area is 78.6 Å². The van der Waals surface area contributed by atoms with Gasteiger partial charge in [-0.3, -0.25) is 9.88 Å². The first kappa shape index (κ1) is 8.66. The van der Waals surface area contributed by atoms with Gasteiger partial charge in [0.25, 0.3) is 0 Å². The lowest BCUT2D eigenvalue weighted by molar-refractivity contribution is 0.140. The summed E-state index contributed by atoms with van der Waals surface area (Å²) >= 11 is 0. The molecule has 2 rings (SSSR count). The Hall–Kier alpha value is -0.930. The standard InChI is InChI=1S/C10H15N3/c1-8-2-3-10(12-4-8)7-13-5-9(11)6-13/h2-4,9H,5-7,11H2,1H3. The minimum absolute atomic E-state index is 0.380. The molecule has 1 aliphatic heterocycles. The largest absolute Gasteiger partial charge is 0.325 e. The van der Waals surface area contributed by atoms with Crippen molar-refractivity contribution in [3.05, 3.63) is 29.6 Å². The number of pyridine rings is 1. The molecule has 2 N–H and O–H groups in total. The van der Waals surface area contributed by atoms with Gasteiger partial charge in [0.1, 0.15) is 0 Å². The fraction of sp³-hybridized carbons (Fsp3) is 0.500. The lowest BCUT2D eigenvalue weighted by Crippen LogP contribution is -2.54. The predicted octanol–water partition coefficient (Wildman–Crippen LogP) is 0.533. The zero-order valence-electron chi connectivity index (χ0n) is 7.90. The van der Waals surface area contributed by atoms with Crippen LogP contribution in [0, 0.1) is 6.92 Å². The summed E-state index contributed by atoms with van der Waals surface area (Å²) < 4.78 is 0. The van der Waals surface area contributed by atoms with Crippen molar-refractivity contribution >= 4 is 0 Å². The number of likely N-dealkylation sites (tertiary alicyclic amines) is 1. The topological polar surface area (TPSA) is 42.1 Å². The summed E-state index contributed by atoms with van der Waals surface area (Å²) in [5, 5.41) is 0. The van der Waals surface area contributed by atoms with E-state index in [-0.39, 0.29) is 0 Å². The molecule has 0 unspecified atom stereocenters. The van der Waals surface area contributed by atoms with Crippen LogP contribution in [0.1, 0.15) is 11.3 Å². The molecule has 0 spiro atoms. The molecule has 0 bridgehead atoms. The number of hydrogen-bond acceptors (Lipinski definition) is 3. The van der Waals surface area contributed by atoms with Gasteiger partial charge in [0.15, 0.2) is 0 Å². The highest BCUT2D eigenvalue weighted by Crippen LogP contribution is 2.10. The molecular weight excluding hydrogens is 162 g/mol. The van der Waals surface area contributed by atoms with E-state index in [1.807, 2.05) is 6.20 Å². The van der Waals surface area contributed by atoms with Crippen LogP contribution in [-0.2, 0) is 6.54 Å². The molecule has 1 aromatic rings. The van der Waals surface area contributed by atoms with Crippen LogP contribution in [0.5, 0.6) is 0 Å². The maximum absolute atomic E-state index is 5.68. The molecule has 0 amide bonds. The Balaban J connectivity index is 1.91. The molecule has 0 saturated carbocycles. The van der Waals surface area contributed by atoms with E-state index in [0.717, 1.165) is 25.3 Å². The molecular formula is C10H15N3. The zero-order chi connectivity index (χ0) is 9.26. The second-order valence-corrected chi connectivity index (χ2v) is 3.78. The fourth-order valence-electron chi connectivity index (χ4n) is 1.56. The van der Waals surface area contributed by atoms with Crippen LogP contribution in [0.4, 0.5) is 0 Å². The highest BCUT2D eigenvalue weighted by atomic mass is 15.2. The molecule has 1 saturated heterocycles. The van der Waals surface area contributed by atoms with Crippen LogP contribution in [0.2, 0.25) is 0 Å². The average Bonchev–Trinajstić information content (AvgIpc) is 2.06. The van der Waals surface area contributed by atoms with Gasteiger partial charge in [0.05, 0.1) is 5.69 Å².